The number of ether oxygens (including phenoxy) is 1. The van der Waals surface area contributed by atoms with Crippen molar-refractivity contribution in [3.8, 4) is 5.75 Å². The molecule has 11 heteroatoms. The Hall–Kier alpha value is -6.04. The van der Waals surface area contributed by atoms with E-state index in [2.05, 4.69) is 83.4 Å². The van der Waals surface area contributed by atoms with E-state index in [-0.39, 0.29) is 40.3 Å². The predicted molar refractivity (Wildman–Crippen MR) is 267 cm³/mol. The number of amides is 2. The number of rotatable bonds is 18. The summed E-state index contributed by atoms with van der Waals surface area (Å²) >= 11 is 3.42. The third-order valence-corrected chi connectivity index (χ3v) is 14.2. The van der Waals surface area contributed by atoms with E-state index in [9.17, 15) is 23.9 Å². The summed E-state index contributed by atoms with van der Waals surface area (Å²) in [7, 11) is 0. The Morgan fingerprint density at radius 1 is 0.773 bits per heavy atom. The molecule has 8 nitrogen and oxygen atoms in total. The summed E-state index contributed by atoms with van der Waals surface area (Å²) < 4.78 is 19.2. The zero-order valence-corrected chi connectivity index (χ0v) is 39.5. The zero-order chi connectivity index (χ0) is 46.7. The molecule has 3 atom stereocenters. The first kappa shape index (κ1) is 47.9. The SMILES string of the molecule is CSCC[C@H](NC(=O)c1cc(NC[C@@H]2C[C@H](SC(c3ccccc3)(c3ccccc3)c3ccccc3)CN2C(=O)OC(C)(C)C)ccc1CCc1ccc(F)cc1)C(=O)c1ccccc1O. The maximum Gasteiger partial charge on any atom is 0.410 e. The molecule has 3 N–H and O–H groups in total. The predicted octanol–water partition coefficient (Wildman–Crippen LogP) is 11.6. The minimum atomic E-state index is -0.884. The molecule has 0 bridgehead atoms. The molecule has 7 rings (SSSR count). The number of carbonyl (C=O) groups excluding carboxylic acids is 3. The van der Waals surface area contributed by atoms with E-state index in [0.29, 0.717) is 55.8 Å². The summed E-state index contributed by atoms with van der Waals surface area (Å²) in [5.41, 5.74) is 5.60. The number of phenolic OH excluding ortho intramolecular Hbond substituents is 1. The average Bonchev–Trinajstić information content (AvgIpc) is 3.74. The van der Waals surface area contributed by atoms with Crippen molar-refractivity contribution in [1.29, 1.82) is 0 Å². The van der Waals surface area contributed by atoms with Crippen LogP contribution in [0.15, 0.2) is 158 Å². The van der Waals surface area contributed by atoms with Gasteiger partial charge in [-0.3, -0.25) is 9.59 Å². The summed E-state index contributed by atoms with van der Waals surface area (Å²) in [4.78, 5) is 44.2. The molecule has 2 amide bonds. The highest BCUT2D eigenvalue weighted by Gasteiger charge is 2.45. The van der Waals surface area contributed by atoms with Crippen molar-refractivity contribution in [2.75, 3.05) is 30.4 Å². The lowest BCUT2D eigenvalue weighted by Crippen LogP contribution is -2.43. The molecule has 1 fully saturated rings. The number of nitrogens with zero attached hydrogens (tertiary/aromatic N) is 1. The van der Waals surface area contributed by atoms with Crippen molar-refractivity contribution in [1.82, 2.24) is 10.2 Å². The summed E-state index contributed by atoms with van der Waals surface area (Å²) in [5, 5.41) is 17.2. The summed E-state index contributed by atoms with van der Waals surface area (Å²) in [6.07, 6.45) is 3.63. The van der Waals surface area contributed by atoms with Crippen LogP contribution in [0, 0.1) is 5.82 Å². The van der Waals surface area contributed by atoms with Crippen LogP contribution in [0.4, 0.5) is 14.9 Å². The van der Waals surface area contributed by atoms with Gasteiger partial charge in [0.05, 0.1) is 22.4 Å². The number of hydrogen-bond acceptors (Lipinski definition) is 8. The number of Topliss-reactive ketones (excluding diaryl/α,β-unsaturated/α-hetero) is 1. The van der Waals surface area contributed by atoms with Gasteiger partial charge in [-0.25, -0.2) is 9.18 Å². The highest BCUT2D eigenvalue weighted by Crippen LogP contribution is 2.52. The van der Waals surface area contributed by atoms with E-state index in [1.54, 1.807) is 48.2 Å². The van der Waals surface area contributed by atoms with Gasteiger partial charge in [0.25, 0.3) is 5.91 Å². The van der Waals surface area contributed by atoms with Gasteiger partial charge in [0.2, 0.25) is 0 Å². The number of nitrogens with one attached hydrogen (secondary N) is 2. The van der Waals surface area contributed by atoms with Crippen LogP contribution in [-0.4, -0.2) is 75.8 Å². The standard InChI is InChI=1S/C55H58FN3O5S2/c1-54(2,3)64-53(63)59-37-46(66-55(40-16-8-5-9-17-40,41-18-10-6-11-19-41)42-20-12-7-13-21-42)35-45(59)36-57-44-31-28-39(27-24-38-25-29-43(56)30-26-38)48(34-44)52(62)58-49(32-33-65-4)51(61)47-22-14-15-23-50(47)60/h5-23,25-26,28-31,34,45-46,49,57,60H,24,27,32-33,35-37H2,1-4H3,(H,58,62)/t45-,46-,49-/m0/s1. The third kappa shape index (κ3) is 11.9. The molecule has 1 saturated heterocycles. The normalized spacial score (nSPS) is 15.5. The molecule has 6 aromatic carbocycles. The van der Waals surface area contributed by atoms with Crippen LogP contribution >= 0.6 is 23.5 Å². The van der Waals surface area contributed by atoms with E-state index in [0.717, 1.165) is 27.8 Å². The summed E-state index contributed by atoms with van der Waals surface area (Å²) in [5.74, 6) is -0.643. The number of halogens is 1. The van der Waals surface area contributed by atoms with Crippen molar-refractivity contribution in [2.24, 2.45) is 0 Å². The highest BCUT2D eigenvalue weighted by atomic mass is 32.2. The van der Waals surface area contributed by atoms with Crippen molar-refractivity contribution < 1.29 is 28.6 Å². The number of benzene rings is 6. The Morgan fingerprint density at radius 3 is 1.94 bits per heavy atom. The number of phenols is 1. The van der Waals surface area contributed by atoms with E-state index < -0.39 is 22.3 Å². The smallest absolute Gasteiger partial charge is 0.410 e. The molecule has 0 aromatic heterocycles. The van der Waals surface area contributed by atoms with E-state index in [1.807, 2.05) is 74.0 Å². The van der Waals surface area contributed by atoms with E-state index >= 15 is 0 Å². The van der Waals surface area contributed by atoms with Gasteiger partial charge in [-0.05, 0) is 123 Å². The molecular formula is C55H58FN3O5S2. The third-order valence-electron chi connectivity index (χ3n) is 11.8. The van der Waals surface area contributed by atoms with E-state index in [1.165, 1.54) is 18.2 Å². The summed E-state index contributed by atoms with van der Waals surface area (Å²) in [6.45, 7) is 6.45. The second kappa shape index (κ2) is 22.0. The molecule has 1 aliphatic heterocycles. The molecule has 0 radical (unpaired) electrons. The second-order valence-corrected chi connectivity index (χ2v) is 20.1. The number of aromatic hydroxyl groups is 1. The van der Waals surface area contributed by atoms with Crippen molar-refractivity contribution in [3.63, 3.8) is 0 Å². The maximum absolute atomic E-state index is 14.4. The number of aryl methyl sites for hydroxylation is 2. The lowest BCUT2D eigenvalue weighted by atomic mass is 9.84. The first-order valence-electron chi connectivity index (χ1n) is 22.4. The summed E-state index contributed by atoms with van der Waals surface area (Å²) in [6, 6.07) is 48.8. The molecule has 342 valence electrons. The lowest BCUT2D eigenvalue weighted by Gasteiger charge is -2.37. The van der Waals surface area contributed by atoms with Gasteiger partial charge in [-0.2, -0.15) is 11.8 Å². The fraction of sp³-hybridized carbons (Fsp3) is 0.291. The number of anilines is 1. The molecule has 1 heterocycles. The Balaban J connectivity index is 1.19. The number of ketones is 1. The average molecular weight is 924 g/mol. The fourth-order valence-electron chi connectivity index (χ4n) is 8.56. The first-order chi connectivity index (χ1) is 31.8. The van der Waals surface area contributed by atoms with Crippen LogP contribution in [0.5, 0.6) is 5.75 Å². The van der Waals surface area contributed by atoms with Crippen LogP contribution in [-0.2, 0) is 22.3 Å². The largest absolute Gasteiger partial charge is 0.507 e. The maximum atomic E-state index is 14.4. The second-order valence-electron chi connectivity index (χ2n) is 17.6. The van der Waals surface area contributed by atoms with Crippen LogP contribution in [0.2, 0.25) is 0 Å². The van der Waals surface area contributed by atoms with Crippen LogP contribution in [0.25, 0.3) is 0 Å². The van der Waals surface area contributed by atoms with Crippen LogP contribution < -0.4 is 10.6 Å². The number of hydrogen-bond donors (Lipinski definition) is 3. The quantitative estimate of drug-likeness (QED) is 0.0578. The Bertz CT molecular complexity index is 2460. The molecule has 0 aliphatic carbocycles. The van der Waals surface area contributed by atoms with Crippen molar-refractivity contribution in [2.45, 2.75) is 74.1 Å². The first-order valence-corrected chi connectivity index (χ1v) is 24.7. The van der Waals surface area contributed by atoms with Gasteiger partial charge >= 0.3 is 6.09 Å². The van der Waals surface area contributed by atoms with Gasteiger partial charge < -0.3 is 25.4 Å². The van der Waals surface area contributed by atoms with Crippen molar-refractivity contribution in [3.05, 3.63) is 202 Å². The number of thioether (sulfide) groups is 2. The van der Waals surface area contributed by atoms with Gasteiger partial charge in [-0.1, -0.05) is 121 Å². The molecular weight excluding hydrogens is 866 g/mol. The lowest BCUT2D eigenvalue weighted by molar-refractivity contribution is 0.0235. The van der Waals surface area contributed by atoms with Crippen molar-refractivity contribution >= 4 is 47.0 Å². The fourth-order valence-corrected chi connectivity index (χ4v) is 10.9. The number of carbonyl (C=O) groups is 3. The van der Waals surface area contributed by atoms with Crippen LogP contribution in [0.1, 0.15) is 82.1 Å². The topological polar surface area (TPSA) is 108 Å². The minimum Gasteiger partial charge on any atom is -0.507 e. The Morgan fingerprint density at radius 2 is 1.36 bits per heavy atom. The Kier molecular flexibility index (Phi) is 15.9. The van der Waals surface area contributed by atoms with Gasteiger partial charge in [0.15, 0.2) is 5.78 Å². The Labute approximate surface area is 396 Å². The molecule has 0 unspecified atom stereocenters. The number of likely N-dealkylation sites (tertiary alicyclic amines) is 1. The number of para-hydroxylation sites is 1. The van der Waals surface area contributed by atoms with Gasteiger partial charge in [0.1, 0.15) is 17.2 Å². The van der Waals surface area contributed by atoms with Gasteiger partial charge in [0, 0.05) is 29.6 Å². The van der Waals surface area contributed by atoms with Gasteiger partial charge in [-0.15, -0.1) is 11.8 Å². The molecule has 66 heavy (non-hydrogen) atoms. The molecule has 0 saturated carbocycles. The minimum absolute atomic E-state index is 0.0000752. The van der Waals surface area contributed by atoms with E-state index in [4.69, 9.17) is 4.74 Å². The monoisotopic (exact) mass is 923 g/mol. The highest BCUT2D eigenvalue weighted by molar-refractivity contribution is 8.01. The zero-order valence-electron chi connectivity index (χ0n) is 37.9. The molecule has 6 aromatic rings. The molecule has 1 aliphatic rings. The molecule has 0 spiro atoms. The van der Waals surface area contributed by atoms with Crippen LogP contribution in [0.3, 0.4) is 0 Å².